The molecule has 0 aliphatic carbocycles. The number of nitrogens with two attached hydrogens (primary N) is 1. The average Bonchev–Trinajstić information content (AvgIpc) is 3.35. The molecular weight excluding hydrogens is 451 g/mol. The molecule has 12 heteroatoms. The predicted molar refractivity (Wildman–Crippen MR) is 108 cm³/mol. The number of nitrogens with zero attached hydrogens (tertiary/aromatic N) is 2. The van der Waals surface area contributed by atoms with E-state index in [2.05, 4.69) is 15.0 Å². The zero-order valence-electron chi connectivity index (χ0n) is 17.8. The molecule has 0 radical (unpaired) electrons. The number of aromatic nitrogens is 3. The number of hydrogen-bond donors (Lipinski definition) is 2. The van der Waals surface area contributed by atoms with Crippen LogP contribution in [-0.4, -0.2) is 46.4 Å². The molecule has 3 aromatic rings. The van der Waals surface area contributed by atoms with E-state index >= 15 is 0 Å². The van der Waals surface area contributed by atoms with Gasteiger partial charge in [-0.25, -0.2) is 14.4 Å². The molecule has 1 aromatic carbocycles. The van der Waals surface area contributed by atoms with Crippen LogP contribution < -0.4 is 10.5 Å². The molecule has 2 aromatic heterocycles. The Kier molecular flexibility index (Phi) is 6.59. The van der Waals surface area contributed by atoms with Gasteiger partial charge in [-0.3, -0.25) is 4.79 Å². The molecular formula is C21H21F5N4O3. The van der Waals surface area contributed by atoms with E-state index in [1.165, 1.54) is 25.5 Å². The number of carbonyl (C=O) groups is 1. The Labute approximate surface area is 185 Å². The van der Waals surface area contributed by atoms with Crippen LogP contribution in [0, 0.1) is 17.6 Å². The summed E-state index contributed by atoms with van der Waals surface area (Å²) in [6, 6.07) is 3.85. The normalized spacial score (nSPS) is 22.7. The minimum Gasteiger partial charge on any atom is -0.493 e. The van der Waals surface area contributed by atoms with Crippen molar-refractivity contribution < 1.29 is 36.2 Å². The smallest absolute Gasteiger partial charge is 0.417 e. The van der Waals surface area contributed by atoms with Gasteiger partial charge in [0.05, 0.1) is 25.6 Å². The molecule has 3 heterocycles. The molecule has 1 aliphatic heterocycles. The Bertz CT molecular complexity index is 1170. The van der Waals surface area contributed by atoms with Crippen molar-refractivity contribution in [3.05, 3.63) is 53.6 Å². The van der Waals surface area contributed by atoms with Crippen molar-refractivity contribution in [1.82, 2.24) is 15.0 Å². The van der Waals surface area contributed by atoms with E-state index in [4.69, 9.17) is 15.2 Å². The van der Waals surface area contributed by atoms with Crippen LogP contribution in [0.5, 0.6) is 5.75 Å². The SMILES string of the molecule is COc1c(C2CO[C@@](C)(C(F)(F)F)C2C)ccc(F)c1F.NC(=O)c1nccc2[nH]cnc12. The second-order valence-corrected chi connectivity index (χ2v) is 7.62. The Morgan fingerprint density at radius 1 is 1.27 bits per heavy atom. The van der Waals surface area contributed by atoms with Gasteiger partial charge in [-0.2, -0.15) is 17.6 Å². The maximum absolute atomic E-state index is 13.7. The summed E-state index contributed by atoms with van der Waals surface area (Å²) in [5, 5.41) is 0. The number of nitrogens with one attached hydrogen (secondary N) is 1. The highest BCUT2D eigenvalue weighted by atomic mass is 19.4. The molecule has 2 unspecified atom stereocenters. The number of benzene rings is 1. The summed E-state index contributed by atoms with van der Waals surface area (Å²) in [7, 11) is 1.14. The zero-order chi connectivity index (χ0) is 24.6. The number of primary amides is 1. The first-order valence-electron chi connectivity index (χ1n) is 9.72. The number of halogens is 5. The van der Waals surface area contributed by atoms with Crippen molar-refractivity contribution in [1.29, 1.82) is 0 Å². The fourth-order valence-electron chi connectivity index (χ4n) is 3.72. The van der Waals surface area contributed by atoms with Crippen LogP contribution in [0.1, 0.15) is 35.8 Å². The summed E-state index contributed by atoms with van der Waals surface area (Å²) in [6.07, 6.45) is -1.54. The molecule has 1 saturated heterocycles. The summed E-state index contributed by atoms with van der Waals surface area (Å²) in [5.41, 5.74) is 4.42. The molecule has 178 valence electrons. The molecule has 0 saturated carbocycles. The minimum absolute atomic E-state index is 0.178. The maximum atomic E-state index is 13.7. The molecule has 7 nitrogen and oxygen atoms in total. The Morgan fingerprint density at radius 3 is 2.55 bits per heavy atom. The Balaban J connectivity index is 0.000000215. The number of imidazole rings is 1. The lowest BCUT2D eigenvalue weighted by Gasteiger charge is -2.32. The maximum Gasteiger partial charge on any atom is 0.417 e. The number of methoxy groups -OCH3 is 1. The van der Waals surface area contributed by atoms with Crippen LogP contribution in [0.4, 0.5) is 22.0 Å². The third-order valence-corrected chi connectivity index (χ3v) is 5.85. The van der Waals surface area contributed by atoms with Gasteiger partial charge in [0.1, 0.15) is 5.52 Å². The molecule has 1 fully saturated rings. The van der Waals surface area contributed by atoms with E-state index in [0.29, 0.717) is 5.52 Å². The largest absolute Gasteiger partial charge is 0.493 e. The minimum atomic E-state index is -4.55. The van der Waals surface area contributed by atoms with Crippen LogP contribution in [0.25, 0.3) is 11.0 Å². The summed E-state index contributed by atoms with van der Waals surface area (Å²) in [6.45, 7) is 2.11. The highest BCUT2D eigenvalue weighted by Gasteiger charge is 2.61. The lowest BCUT2D eigenvalue weighted by atomic mass is 9.79. The van der Waals surface area contributed by atoms with E-state index in [0.717, 1.165) is 25.6 Å². The molecule has 33 heavy (non-hydrogen) atoms. The number of hydrogen-bond acceptors (Lipinski definition) is 5. The summed E-state index contributed by atoms with van der Waals surface area (Å²) in [4.78, 5) is 21.4. The van der Waals surface area contributed by atoms with Gasteiger partial charge in [-0.1, -0.05) is 13.0 Å². The molecule has 0 spiro atoms. The van der Waals surface area contributed by atoms with Gasteiger partial charge in [-0.15, -0.1) is 0 Å². The first kappa shape index (κ1) is 24.4. The average molecular weight is 472 g/mol. The molecule has 3 N–H and O–H groups in total. The van der Waals surface area contributed by atoms with Crippen molar-refractivity contribution in [2.75, 3.05) is 13.7 Å². The monoisotopic (exact) mass is 472 g/mol. The highest BCUT2D eigenvalue weighted by molar-refractivity contribution is 6.01. The van der Waals surface area contributed by atoms with Gasteiger partial charge in [0.25, 0.3) is 5.91 Å². The van der Waals surface area contributed by atoms with Crippen LogP contribution in [-0.2, 0) is 4.74 Å². The van der Waals surface area contributed by atoms with Crippen LogP contribution >= 0.6 is 0 Å². The number of aromatic amines is 1. The number of ether oxygens (including phenoxy) is 2. The fourth-order valence-corrected chi connectivity index (χ4v) is 3.72. The van der Waals surface area contributed by atoms with Gasteiger partial charge in [0.15, 0.2) is 22.9 Å². The number of H-pyrrole nitrogens is 1. The number of rotatable bonds is 3. The standard InChI is InChI=1S/C14H15F5O2.C7H6N4O/c1-7-9(6-21-13(7,2)14(17,18)19)8-4-5-10(15)11(16)12(8)20-3;8-7(12)6-5-4(1-2-9-6)10-3-11-5/h4-5,7,9H,6H2,1-3H3;1-3H,(H2,8,12)(H,10,11)/t7?,9?,13-;/m1./s1. The van der Waals surface area contributed by atoms with E-state index in [-0.39, 0.29) is 23.6 Å². The van der Waals surface area contributed by atoms with Gasteiger partial charge >= 0.3 is 6.18 Å². The van der Waals surface area contributed by atoms with Crippen LogP contribution in [0.3, 0.4) is 0 Å². The lowest BCUT2D eigenvalue weighted by Crippen LogP contribution is -2.46. The third-order valence-electron chi connectivity index (χ3n) is 5.85. The summed E-state index contributed by atoms with van der Waals surface area (Å²) >= 11 is 0. The third kappa shape index (κ3) is 4.34. The van der Waals surface area contributed by atoms with E-state index in [1.807, 2.05) is 0 Å². The number of amides is 1. The number of pyridine rings is 1. The highest BCUT2D eigenvalue weighted by Crippen LogP contribution is 2.51. The van der Waals surface area contributed by atoms with Crippen LogP contribution in [0.15, 0.2) is 30.7 Å². The van der Waals surface area contributed by atoms with E-state index in [1.54, 1.807) is 6.07 Å². The molecule has 0 bridgehead atoms. The van der Waals surface area contributed by atoms with Crippen molar-refractivity contribution in [3.8, 4) is 5.75 Å². The Hall–Kier alpha value is -3.28. The van der Waals surface area contributed by atoms with E-state index in [9.17, 15) is 26.7 Å². The summed E-state index contributed by atoms with van der Waals surface area (Å²) in [5.74, 6) is -4.95. The zero-order valence-corrected chi connectivity index (χ0v) is 17.8. The summed E-state index contributed by atoms with van der Waals surface area (Å²) < 4.78 is 76.0. The number of alkyl halides is 3. The van der Waals surface area contributed by atoms with Gasteiger partial charge in [0, 0.05) is 23.6 Å². The second-order valence-electron chi connectivity index (χ2n) is 7.62. The quantitative estimate of drug-likeness (QED) is 0.559. The van der Waals surface area contributed by atoms with Gasteiger partial charge < -0.3 is 20.2 Å². The predicted octanol–water partition coefficient (Wildman–Crippen LogP) is 4.10. The first-order valence-corrected chi connectivity index (χ1v) is 9.72. The first-order chi connectivity index (χ1) is 15.4. The molecule has 1 aliphatic rings. The van der Waals surface area contributed by atoms with E-state index < -0.39 is 41.2 Å². The van der Waals surface area contributed by atoms with Crippen molar-refractivity contribution >= 4 is 16.9 Å². The van der Waals surface area contributed by atoms with Gasteiger partial charge in [0.2, 0.25) is 5.82 Å². The van der Waals surface area contributed by atoms with Crippen molar-refractivity contribution in [3.63, 3.8) is 0 Å². The molecule has 1 amide bonds. The van der Waals surface area contributed by atoms with Gasteiger partial charge in [-0.05, 0) is 19.1 Å². The Morgan fingerprint density at radius 2 is 1.97 bits per heavy atom. The van der Waals surface area contributed by atoms with Crippen molar-refractivity contribution in [2.45, 2.75) is 31.5 Å². The van der Waals surface area contributed by atoms with Crippen LogP contribution in [0.2, 0.25) is 0 Å². The second kappa shape index (κ2) is 8.93. The topological polar surface area (TPSA) is 103 Å². The number of fused-ring (bicyclic) bond motifs is 1. The fraction of sp³-hybridized carbons (Fsp3) is 0.381. The molecule has 3 atom stereocenters. The van der Waals surface area contributed by atoms with Crippen molar-refractivity contribution in [2.24, 2.45) is 11.7 Å². The number of carbonyl (C=O) groups excluding carboxylic acids is 1. The lowest BCUT2D eigenvalue weighted by molar-refractivity contribution is -0.266. The molecule has 4 rings (SSSR count).